The van der Waals surface area contributed by atoms with Gasteiger partial charge in [-0.2, -0.15) is 18.3 Å². The maximum Gasteiger partial charge on any atom is 0.416 e. The first-order valence-electron chi connectivity index (χ1n) is 11.0. The molecule has 2 amide bonds. The van der Waals surface area contributed by atoms with E-state index in [1.54, 1.807) is 38.2 Å². The van der Waals surface area contributed by atoms with Crippen LogP contribution in [-0.2, 0) is 17.5 Å². The SMILES string of the molecule is [2H]C(NC(=O)c1cc(-c2ccc3nc(NC(C)=O)cn3n2)c(C)nc1C)c1cccc(C(F)(F)F)c1. The lowest BCUT2D eigenvalue weighted by atomic mass is 10.0. The van der Waals surface area contributed by atoms with Gasteiger partial charge < -0.3 is 10.6 Å². The predicted octanol–water partition coefficient (Wildman–Crippen LogP) is 4.32. The molecule has 0 radical (unpaired) electrons. The van der Waals surface area contributed by atoms with Crippen LogP contribution in [0, 0.1) is 13.8 Å². The van der Waals surface area contributed by atoms with Gasteiger partial charge in [-0.3, -0.25) is 14.6 Å². The first-order valence-corrected chi connectivity index (χ1v) is 10.5. The average Bonchev–Trinajstić information content (AvgIpc) is 3.19. The molecule has 2 N–H and O–H groups in total. The van der Waals surface area contributed by atoms with Crippen LogP contribution in [-0.4, -0.2) is 31.4 Å². The summed E-state index contributed by atoms with van der Waals surface area (Å²) in [4.78, 5) is 32.9. The van der Waals surface area contributed by atoms with Crippen LogP contribution in [0.2, 0.25) is 0 Å². The highest BCUT2D eigenvalue weighted by Crippen LogP contribution is 2.29. The van der Waals surface area contributed by atoms with E-state index in [1.165, 1.54) is 23.6 Å². The molecule has 35 heavy (non-hydrogen) atoms. The third-order valence-corrected chi connectivity index (χ3v) is 5.13. The largest absolute Gasteiger partial charge is 0.416 e. The Morgan fingerprint density at radius 2 is 1.86 bits per heavy atom. The lowest BCUT2D eigenvalue weighted by Crippen LogP contribution is -2.24. The summed E-state index contributed by atoms with van der Waals surface area (Å²) in [5.74, 6) is -0.594. The zero-order chi connectivity index (χ0) is 26.2. The Kier molecular flexibility index (Phi) is 5.89. The minimum Gasteiger partial charge on any atom is -0.348 e. The van der Waals surface area contributed by atoms with Crippen LogP contribution < -0.4 is 10.6 Å². The predicted molar refractivity (Wildman–Crippen MR) is 123 cm³/mol. The first-order chi connectivity index (χ1) is 16.9. The molecule has 0 saturated heterocycles. The van der Waals surface area contributed by atoms with Crippen LogP contribution in [0.3, 0.4) is 0 Å². The van der Waals surface area contributed by atoms with Gasteiger partial charge in [0.05, 0.1) is 30.1 Å². The number of carbonyl (C=O) groups excluding carboxylic acids is 2. The first kappa shape index (κ1) is 22.5. The van der Waals surface area contributed by atoms with E-state index in [4.69, 9.17) is 1.37 Å². The fourth-order valence-electron chi connectivity index (χ4n) is 3.51. The minimum absolute atomic E-state index is 0.00155. The van der Waals surface area contributed by atoms with E-state index in [0.29, 0.717) is 34.1 Å². The standard InChI is InChI=1S/C24H21F3N6O2/c1-13-18(20-7-8-22-31-21(30-15(3)34)12-33(22)32-20)10-19(14(2)29-13)23(35)28-11-16-5-4-6-17(9-16)24(25,26)27/h4-10,12H,11H2,1-3H3,(H,28,35)(H,30,34)/i11D. The molecular formula is C24H21F3N6O2. The van der Waals surface area contributed by atoms with Crippen LogP contribution >= 0.6 is 0 Å². The minimum atomic E-state index is -4.56. The Morgan fingerprint density at radius 1 is 1.09 bits per heavy atom. The summed E-state index contributed by atoms with van der Waals surface area (Å²) in [6.45, 7) is 3.33. The van der Waals surface area contributed by atoms with Gasteiger partial charge in [0.2, 0.25) is 5.91 Å². The van der Waals surface area contributed by atoms with Crippen LogP contribution in [0.1, 0.15) is 41.2 Å². The summed E-state index contributed by atoms with van der Waals surface area (Å²) < 4.78 is 48.7. The van der Waals surface area contributed by atoms with Crippen LogP contribution in [0.4, 0.5) is 19.0 Å². The second-order valence-electron chi connectivity index (χ2n) is 7.82. The molecule has 0 bridgehead atoms. The summed E-state index contributed by atoms with van der Waals surface area (Å²) in [5, 5.41) is 9.50. The lowest BCUT2D eigenvalue weighted by molar-refractivity contribution is -0.137. The third-order valence-electron chi connectivity index (χ3n) is 5.13. The molecule has 1 atom stereocenters. The molecular weight excluding hydrogens is 461 g/mol. The van der Waals surface area contributed by atoms with Crippen LogP contribution in [0.5, 0.6) is 0 Å². The van der Waals surface area contributed by atoms with Crippen molar-refractivity contribution in [3.8, 4) is 11.3 Å². The molecule has 1 aromatic carbocycles. The van der Waals surface area contributed by atoms with Gasteiger partial charge in [0, 0.05) is 24.7 Å². The van der Waals surface area contributed by atoms with Crippen molar-refractivity contribution in [3.05, 3.63) is 76.7 Å². The van der Waals surface area contributed by atoms with Crippen molar-refractivity contribution in [1.29, 1.82) is 0 Å². The van der Waals surface area contributed by atoms with Crippen LogP contribution in [0.15, 0.2) is 48.7 Å². The Labute approximate surface area is 199 Å². The highest BCUT2D eigenvalue weighted by molar-refractivity contribution is 5.96. The Balaban J connectivity index is 1.63. The average molecular weight is 483 g/mol. The van der Waals surface area contributed by atoms with Crippen molar-refractivity contribution < 1.29 is 24.1 Å². The zero-order valence-corrected chi connectivity index (χ0v) is 18.9. The topological polar surface area (TPSA) is 101 Å². The molecule has 0 saturated carbocycles. The molecule has 3 aromatic heterocycles. The summed E-state index contributed by atoms with van der Waals surface area (Å²) in [6.07, 6.45) is -3.01. The number of anilines is 1. The monoisotopic (exact) mass is 483 g/mol. The Bertz CT molecular complexity index is 1480. The number of halogens is 3. The molecule has 4 aromatic rings. The van der Waals surface area contributed by atoms with Crippen molar-refractivity contribution in [2.45, 2.75) is 33.5 Å². The summed E-state index contributed by atoms with van der Waals surface area (Å²) in [7, 11) is 0. The van der Waals surface area contributed by atoms with Crippen LogP contribution in [0.25, 0.3) is 16.9 Å². The van der Waals surface area contributed by atoms with Gasteiger partial charge in [-0.15, -0.1) is 0 Å². The fraction of sp³-hybridized carbons (Fsp3) is 0.208. The smallest absolute Gasteiger partial charge is 0.348 e. The normalized spacial score (nSPS) is 12.8. The molecule has 0 aliphatic rings. The molecule has 0 aliphatic heterocycles. The van der Waals surface area contributed by atoms with Crippen molar-refractivity contribution in [2.75, 3.05) is 5.32 Å². The highest BCUT2D eigenvalue weighted by atomic mass is 19.4. The van der Waals surface area contributed by atoms with E-state index in [0.717, 1.165) is 12.1 Å². The summed E-state index contributed by atoms with van der Waals surface area (Å²) >= 11 is 0. The molecule has 3 heterocycles. The summed E-state index contributed by atoms with van der Waals surface area (Å²) in [6, 6.07) is 9.24. The van der Waals surface area contributed by atoms with Gasteiger partial charge in [-0.1, -0.05) is 12.1 Å². The van der Waals surface area contributed by atoms with Gasteiger partial charge in [0.25, 0.3) is 5.91 Å². The quantitative estimate of drug-likeness (QED) is 0.440. The number of nitrogens with zero attached hydrogens (tertiary/aromatic N) is 4. The Morgan fingerprint density at radius 3 is 2.57 bits per heavy atom. The zero-order valence-electron chi connectivity index (χ0n) is 19.9. The number of hydrogen-bond acceptors (Lipinski definition) is 5. The molecule has 180 valence electrons. The second-order valence-corrected chi connectivity index (χ2v) is 7.82. The number of carbonyl (C=O) groups is 2. The van der Waals surface area contributed by atoms with E-state index in [-0.39, 0.29) is 17.0 Å². The second kappa shape index (κ2) is 9.16. The number of imidazole rings is 1. The van der Waals surface area contributed by atoms with Gasteiger partial charge >= 0.3 is 6.18 Å². The number of nitrogens with one attached hydrogen (secondary N) is 2. The maximum absolute atomic E-state index is 13.0. The molecule has 1 unspecified atom stereocenters. The van der Waals surface area contributed by atoms with Crippen molar-refractivity contribution in [1.82, 2.24) is 24.9 Å². The van der Waals surface area contributed by atoms with Crippen molar-refractivity contribution in [2.24, 2.45) is 0 Å². The van der Waals surface area contributed by atoms with Crippen molar-refractivity contribution in [3.63, 3.8) is 0 Å². The van der Waals surface area contributed by atoms with E-state index in [2.05, 4.69) is 25.7 Å². The highest BCUT2D eigenvalue weighted by Gasteiger charge is 2.30. The van der Waals surface area contributed by atoms with Crippen molar-refractivity contribution >= 4 is 23.3 Å². The lowest BCUT2D eigenvalue weighted by Gasteiger charge is -2.13. The number of alkyl halides is 3. The molecule has 0 aliphatic carbocycles. The number of benzene rings is 1. The number of pyridine rings is 1. The molecule has 8 nitrogen and oxygen atoms in total. The molecule has 0 spiro atoms. The number of rotatable bonds is 5. The van der Waals surface area contributed by atoms with E-state index in [1.807, 2.05) is 0 Å². The molecule has 4 rings (SSSR count). The van der Waals surface area contributed by atoms with E-state index in [9.17, 15) is 22.8 Å². The van der Waals surface area contributed by atoms with E-state index < -0.39 is 24.2 Å². The third kappa shape index (κ3) is 5.29. The van der Waals surface area contributed by atoms with E-state index >= 15 is 0 Å². The van der Waals surface area contributed by atoms with Gasteiger partial charge in [-0.05, 0) is 49.7 Å². The molecule has 0 fully saturated rings. The number of amides is 2. The number of aryl methyl sites for hydroxylation is 2. The maximum atomic E-state index is 13.0. The van der Waals surface area contributed by atoms with Gasteiger partial charge in [-0.25, -0.2) is 9.50 Å². The number of fused-ring (bicyclic) bond motifs is 1. The Hall–Kier alpha value is -4.28. The van der Waals surface area contributed by atoms with Gasteiger partial charge in [0.15, 0.2) is 11.5 Å². The summed E-state index contributed by atoms with van der Waals surface area (Å²) in [5.41, 5.74) is 1.77. The number of hydrogen-bond donors (Lipinski definition) is 2. The van der Waals surface area contributed by atoms with Gasteiger partial charge in [0.1, 0.15) is 0 Å². The molecule has 11 heteroatoms. The fourth-order valence-corrected chi connectivity index (χ4v) is 3.51. The number of aromatic nitrogens is 4.